The van der Waals surface area contributed by atoms with Crippen molar-refractivity contribution in [2.45, 2.75) is 0 Å². The van der Waals surface area contributed by atoms with Crippen LogP contribution in [0, 0.1) is 6.42 Å². The van der Waals surface area contributed by atoms with E-state index < -0.39 is 0 Å². The van der Waals surface area contributed by atoms with E-state index in [2.05, 4.69) is 6.58 Å². The molecule has 0 saturated carbocycles. The van der Waals surface area contributed by atoms with Gasteiger partial charge in [0.2, 0.25) is 0 Å². The van der Waals surface area contributed by atoms with Gasteiger partial charge in [-0.2, -0.15) is 0 Å². The quantitative estimate of drug-likeness (QED) is 0.672. The average molecular weight is 226 g/mol. The maximum Gasteiger partial charge on any atom is 0.195 e. The van der Waals surface area contributed by atoms with E-state index in [0.717, 1.165) is 26.1 Å². The third-order valence-corrected chi connectivity index (χ3v) is 3.78. The summed E-state index contributed by atoms with van der Waals surface area (Å²) in [6, 6.07) is 7.72. The van der Waals surface area contributed by atoms with Crippen LogP contribution in [-0.2, 0) is 0 Å². The highest BCUT2D eigenvalue weighted by Gasteiger charge is 2.13. The number of rotatable bonds is 0. The van der Waals surface area contributed by atoms with Crippen molar-refractivity contribution < 1.29 is 1.43 Å². The number of hydrogen-bond donors (Lipinski definition) is 0. The topological polar surface area (TPSA) is 17.1 Å². The van der Waals surface area contributed by atoms with Crippen molar-refractivity contribution >= 4 is 27.5 Å². The Morgan fingerprint density at radius 3 is 2.88 bits per heavy atom. The van der Waals surface area contributed by atoms with Gasteiger partial charge in [-0.15, -0.1) is 11.3 Å². The summed E-state index contributed by atoms with van der Waals surface area (Å²) in [6.45, 7) is 3.89. The van der Waals surface area contributed by atoms with Crippen LogP contribution in [0.3, 0.4) is 0 Å². The van der Waals surface area contributed by atoms with Crippen LogP contribution in [0.4, 0.5) is 0 Å². The summed E-state index contributed by atoms with van der Waals surface area (Å²) in [5.74, 6) is 0. The van der Waals surface area contributed by atoms with E-state index >= 15 is 0 Å². The van der Waals surface area contributed by atoms with E-state index in [4.69, 9.17) is 0 Å². The van der Waals surface area contributed by atoms with Crippen LogP contribution in [0.5, 0.6) is 0 Å². The first-order valence-corrected chi connectivity index (χ1v) is 5.85. The lowest BCUT2D eigenvalue weighted by Gasteiger charge is -2.11. The van der Waals surface area contributed by atoms with Gasteiger partial charge in [0.25, 0.3) is 0 Å². The fraction of sp³-hybridized carbons (Fsp3) is 0. The first-order chi connectivity index (χ1) is 7.75. The Hall–Kier alpha value is -1.67. The summed E-state index contributed by atoms with van der Waals surface area (Å²) < 4.78 is 1.03. The molecule has 0 amide bonds. The third-order valence-electron chi connectivity index (χ3n) is 2.64. The SMILES string of the molecule is C=C1[CH]c2sc3ccccc3c(=O)c2C=C1.[H]. The standard InChI is InChI=1S/C14H9OS.H/c1-9-6-7-11-13(8-9)16-12-5-3-2-4-10(12)14(11)15;/h2-8H,1H2;. The molecule has 1 nitrogen and oxygen atoms in total. The first-order valence-electron chi connectivity index (χ1n) is 5.03. The molecule has 0 bridgehead atoms. The minimum absolute atomic E-state index is 0. The molecule has 2 aromatic rings. The lowest BCUT2D eigenvalue weighted by molar-refractivity contribution is 1.47. The van der Waals surface area contributed by atoms with Gasteiger partial charge in [-0.05, 0) is 23.8 Å². The molecule has 3 rings (SSSR count). The van der Waals surface area contributed by atoms with Gasteiger partial charge < -0.3 is 0 Å². The zero-order valence-corrected chi connectivity index (χ0v) is 9.38. The molecule has 16 heavy (non-hydrogen) atoms. The van der Waals surface area contributed by atoms with Gasteiger partial charge in [-0.3, -0.25) is 4.79 Å². The molecule has 0 N–H and O–H groups in total. The van der Waals surface area contributed by atoms with E-state index in [0.29, 0.717) is 0 Å². The lowest BCUT2D eigenvalue weighted by Crippen LogP contribution is -2.09. The van der Waals surface area contributed by atoms with Gasteiger partial charge in [0.15, 0.2) is 5.43 Å². The summed E-state index contributed by atoms with van der Waals surface area (Å²) in [5, 5.41) is 0.803. The Bertz CT molecular complexity index is 682. The monoisotopic (exact) mass is 226 g/mol. The molecule has 1 aliphatic carbocycles. The summed E-state index contributed by atoms with van der Waals surface area (Å²) in [5.41, 5.74) is 1.85. The van der Waals surface area contributed by atoms with Gasteiger partial charge in [-0.1, -0.05) is 24.8 Å². The third kappa shape index (κ3) is 1.34. The maximum absolute atomic E-state index is 12.2. The van der Waals surface area contributed by atoms with Crippen molar-refractivity contribution in [2.24, 2.45) is 0 Å². The van der Waals surface area contributed by atoms with Crippen LogP contribution in [-0.4, -0.2) is 0 Å². The normalized spacial score (nSPS) is 14.1. The van der Waals surface area contributed by atoms with Gasteiger partial charge in [0, 0.05) is 28.4 Å². The molecule has 0 fully saturated rings. The number of allylic oxidation sites excluding steroid dienone is 2. The molecule has 2 radical (unpaired) electrons. The van der Waals surface area contributed by atoms with Crippen LogP contribution in [0.25, 0.3) is 16.2 Å². The second-order valence-electron chi connectivity index (χ2n) is 3.76. The molecular formula is C14H10OS. The van der Waals surface area contributed by atoms with Crippen molar-refractivity contribution in [3.05, 3.63) is 69.6 Å². The molecule has 1 aromatic heterocycles. The highest BCUT2D eigenvalue weighted by atomic mass is 32.1. The van der Waals surface area contributed by atoms with Gasteiger partial charge in [-0.25, -0.2) is 0 Å². The van der Waals surface area contributed by atoms with Crippen molar-refractivity contribution in [1.82, 2.24) is 0 Å². The molecule has 2 heteroatoms. The number of benzene rings is 1. The van der Waals surface area contributed by atoms with Crippen molar-refractivity contribution in [3.8, 4) is 0 Å². The summed E-state index contributed by atoms with van der Waals surface area (Å²) >= 11 is 1.64. The van der Waals surface area contributed by atoms with Crippen LogP contribution in [0.2, 0.25) is 0 Å². The zero-order chi connectivity index (χ0) is 11.1. The van der Waals surface area contributed by atoms with E-state index in [9.17, 15) is 4.79 Å². The van der Waals surface area contributed by atoms with Gasteiger partial charge in [0.05, 0.1) is 0 Å². The second-order valence-corrected chi connectivity index (χ2v) is 4.84. The van der Waals surface area contributed by atoms with Crippen molar-refractivity contribution in [3.63, 3.8) is 0 Å². The van der Waals surface area contributed by atoms with E-state index in [1.165, 1.54) is 0 Å². The number of fused-ring (bicyclic) bond motifs is 2. The summed E-state index contributed by atoms with van der Waals surface area (Å²) in [7, 11) is 0. The Morgan fingerprint density at radius 1 is 1.19 bits per heavy atom. The Balaban J connectivity index is 0.00000108. The van der Waals surface area contributed by atoms with Crippen LogP contribution in [0.15, 0.2) is 47.3 Å². The summed E-state index contributed by atoms with van der Waals surface area (Å²) in [6.07, 6.45) is 5.71. The Morgan fingerprint density at radius 2 is 2.00 bits per heavy atom. The highest BCUT2D eigenvalue weighted by Crippen LogP contribution is 2.29. The smallest absolute Gasteiger partial charge is 0.195 e. The van der Waals surface area contributed by atoms with Gasteiger partial charge >= 0.3 is 0 Å². The van der Waals surface area contributed by atoms with Crippen LogP contribution >= 0.6 is 11.3 Å². The minimum Gasteiger partial charge on any atom is -0.289 e. The molecule has 0 aliphatic heterocycles. The predicted molar refractivity (Wildman–Crippen MR) is 70.8 cm³/mol. The van der Waals surface area contributed by atoms with Crippen molar-refractivity contribution in [1.29, 1.82) is 0 Å². The van der Waals surface area contributed by atoms with E-state index in [-0.39, 0.29) is 6.86 Å². The molecule has 0 atom stereocenters. The van der Waals surface area contributed by atoms with Gasteiger partial charge in [0.1, 0.15) is 0 Å². The first kappa shape index (κ1) is 9.55. The maximum atomic E-state index is 12.2. The molecule has 1 heterocycles. The highest BCUT2D eigenvalue weighted by molar-refractivity contribution is 7.18. The fourth-order valence-electron chi connectivity index (χ4n) is 1.85. The Kier molecular flexibility index (Phi) is 2.04. The van der Waals surface area contributed by atoms with E-state index in [1.54, 1.807) is 11.3 Å². The van der Waals surface area contributed by atoms with Crippen LogP contribution in [0.1, 0.15) is 11.9 Å². The molecule has 1 aliphatic rings. The molecule has 0 unspecified atom stereocenters. The molecule has 78 valence electrons. The van der Waals surface area contributed by atoms with Crippen molar-refractivity contribution in [2.75, 3.05) is 0 Å². The van der Waals surface area contributed by atoms with Crippen LogP contribution < -0.4 is 5.43 Å². The Labute approximate surface area is 98.8 Å². The molecule has 0 saturated heterocycles. The summed E-state index contributed by atoms with van der Waals surface area (Å²) in [4.78, 5) is 13.2. The molecular weight excluding hydrogens is 216 g/mol. The molecule has 0 spiro atoms. The lowest BCUT2D eigenvalue weighted by atomic mass is 10.0. The zero-order valence-electron chi connectivity index (χ0n) is 9.57. The molecule has 1 aromatic carbocycles. The van der Waals surface area contributed by atoms with E-state index in [1.807, 2.05) is 42.8 Å². The fourth-order valence-corrected chi connectivity index (χ4v) is 2.98. The minimum atomic E-state index is 0. The predicted octanol–water partition coefficient (Wildman–Crippen LogP) is 3.51. The number of hydrogen-bond acceptors (Lipinski definition) is 2. The second kappa shape index (κ2) is 3.42. The largest absolute Gasteiger partial charge is 0.289 e. The average Bonchev–Trinajstić information content (AvgIpc) is 2.29.